The number of nitrogens with one attached hydrogen (secondary N) is 2. The van der Waals surface area contributed by atoms with Crippen molar-refractivity contribution in [1.82, 2.24) is 14.9 Å². The van der Waals surface area contributed by atoms with Crippen LogP contribution in [0.25, 0.3) is 11.3 Å². The summed E-state index contributed by atoms with van der Waals surface area (Å²) in [6.07, 6.45) is 0. The minimum Gasteiger partial charge on any atom is -0.595 e. The van der Waals surface area contributed by atoms with E-state index >= 15 is 0 Å². The number of piperazine rings is 1. The fourth-order valence-corrected chi connectivity index (χ4v) is 4.24. The number of ether oxygens (including phenoxy) is 1. The molecule has 1 aliphatic rings. The predicted octanol–water partition coefficient (Wildman–Crippen LogP) is 2.21. The van der Waals surface area contributed by atoms with Gasteiger partial charge in [-0.3, -0.25) is 9.69 Å². The minimum absolute atomic E-state index is 0.0320. The number of amides is 1. The molecule has 1 amide bonds. The molecule has 3 aromatic rings. The Kier molecular flexibility index (Phi) is 8.09. The molecule has 3 heterocycles. The van der Waals surface area contributed by atoms with E-state index in [0.29, 0.717) is 58.3 Å². The first-order valence-electron chi connectivity index (χ1n) is 11.0. The van der Waals surface area contributed by atoms with Gasteiger partial charge in [-0.1, -0.05) is 23.2 Å². The first-order valence-corrected chi connectivity index (χ1v) is 11.8. The van der Waals surface area contributed by atoms with Crippen LogP contribution in [0.1, 0.15) is 0 Å². The number of aromatic nitrogens is 2. The second-order valence-corrected chi connectivity index (χ2v) is 8.98. The lowest BCUT2D eigenvalue weighted by atomic mass is 10.1. The standard InChI is InChI=1S/C23H25Cl2N7O4/c1-30-9-10-31(21(33)13-30)17-5-7-20(29-22(17)15-3-2-14(24)12-16(15)25)36-11-8-27-19-6-4-18(32(34)35)23(26)28-19/h2-7,12,32,34H,8-11,13H2,1H3,(H3,26,27,28). The Morgan fingerprint density at radius 3 is 2.69 bits per heavy atom. The molecule has 5 N–H and O–H groups in total. The summed E-state index contributed by atoms with van der Waals surface area (Å²) in [6, 6.07) is 11.5. The van der Waals surface area contributed by atoms with Gasteiger partial charge in [-0.05, 0) is 37.4 Å². The third-order valence-corrected chi connectivity index (χ3v) is 6.10. The molecule has 1 unspecified atom stereocenters. The van der Waals surface area contributed by atoms with E-state index in [-0.39, 0.29) is 24.0 Å². The summed E-state index contributed by atoms with van der Waals surface area (Å²) in [4.78, 5) is 25.1. The Morgan fingerprint density at radius 1 is 1.19 bits per heavy atom. The number of nitrogen functional groups attached to an aromatic ring is 1. The number of nitrogens with two attached hydrogens (primary N) is 1. The van der Waals surface area contributed by atoms with Crippen molar-refractivity contribution >= 4 is 52.1 Å². The maximum absolute atomic E-state index is 12.8. The lowest BCUT2D eigenvalue weighted by molar-refractivity contribution is -0.990. The second-order valence-electron chi connectivity index (χ2n) is 8.13. The number of nitrogens with zero attached hydrogens (tertiary/aromatic N) is 4. The van der Waals surface area contributed by atoms with Crippen molar-refractivity contribution in [3.63, 3.8) is 0 Å². The highest BCUT2D eigenvalue weighted by atomic mass is 35.5. The SMILES string of the molecule is CN1CCN(c2ccc(OCCNc3ccc([NH+]([O-])O)c(N)n3)nc2-c2ccc(Cl)cc2Cl)C(=O)C1. The molecular formula is C23H25Cl2N7O4. The molecule has 4 rings (SSSR count). The number of benzene rings is 1. The minimum atomic E-state index is -1.14. The average Bonchev–Trinajstić information content (AvgIpc) is 2.82. The number of carbonyl (C=O) groups is 1. The van der Waals surface area contributed by atoms with Gasteiger partial charge >= 0.3 is 0 Å². The normalized spacial score (nSPS) is 15.1. The number of pyridine rings is 2. The molecule has 0 radical (unpaired) electrons. The average molecular weight is 534 g/mol. The molecular weight excluding hydrogens is 509 g/mol. The van der Waals surface area contributed by atoms with Crippen LogP contribution in [0.5, 0.6) is 5.88 Å². The van der Waals surface area contributed by atoms with Crippen LogP contribution >= 0.6 is 23.2 Å². The van der Waals surface area contributed by atoms with Crippen LogP contribution in [0.3, 0.4) is 0 Å². The van der Waals surface area contributed by atoms with Gasteiger partial charge in [-0.25, -0.2) is 15.2 Å². The Hall–Kier alpha value is -3.19. The van der Waals surface area contributed by atoms with Crippen molar-refractivity contribution in [2.24, 2.45) is 0 Å². The van der Waals surface area contributed by atoms with Crippen LogP contribution in [0.4, 0.5) is 23.0 Å². The van der Waals surface area contributed by atoms with Gasteiger partial charge in [0.2, 0.25) is 17.5 Å². The summed E-state index contributed by atoms with van der Waals surface area (Å²) in [6.45, 7) is 2.15. The molecule has 11 nitrogen and oxygen atoms in total. The Morgan fingerprint density at radius 2 is 2.00 bits per heavy atom. The van der Waals surface area contributed by atoms with E-state index < -0.39 is 5.23 Å². The van der Waals surface area contributed by atoms with Crippen LogP contribution in [-0.2, 0) is 4.79 Å². The van der Waals surface area contributed by atoms with E-state index in [1.54, 1.807) is 35.2 Å². The van der Waals surface area contributed by atoms with Crippen LogP contribution < -0.4 is 25.9 Å². The highest BCUT2D eigenvalue weighted by molar-refractivity contribution is 6.36. The van der Waals surface area contributed by atoms with E-state index in [4.69, 9.17) is 38.9 Å². The zero-order valence-corrected chi connectivity index (χ0v) is 20.9. The summed E-state index contributed by atoms with van der Waals surface area (Å²) in [7, 11) is 1.90. The maximum atomic E-state index is 12.8. The van der Waals surface area contributed by atoms with Gasteiger partial charge in [0.05, 0.1) is 29.5 Å². The molecule has 0 spiro atoms. The first-order chi connectivity index (χ1) is 17.2. The molecule has 13 heteroatoms. The summed E-state index contributed by atoms with van der Waals surface area (Å²) in [5.74, 6) is 0.660. The molecule has 1 atom stereocenters. The quantitative estimate of drug-likeness (QED) is 0.253. The van der Waals surface area contributed by atoms with E-state index in [0.717, 1.165) is 6.54 Å². The molecule has 36 heavy (non-hydrogen) atoms. The smallest absolute Gasteiger partial charge is 0.241 e. The highest BCUT2D eigenvalue weighted by Gasteiger charge is 2.26. The van der Waals surface area contributed by atoms with Gasteiger partial charge in [-0.2, -0.15) is 5.23 Å². The molecule has 1 saturated heterocycles. The third-order valence-electron chi connectivity index (χ3n) is 5.55. The Labute approximate surface area is 217 Å². The predicted molar refractivity (Wildman–Crippen MR) is 138 cm³/mol. The van der Waals surface area contributed by atoms with Gasteiger partial charge in [0.1, 0.15) is 12.4 Å². The zero-order chi connectivity index (χ0) is 25.8. The van der Waals surface area contributed by atoms with Crippen molar-refractivity contribution in [3.8, 4) is 17.1 Å². The number of likely N-dealkylation sites (N-methyl/N-ethyl adjacent to an activating group) is 1. The Balaban J connectivity index is 1.51. The molecule has 1 aliphatic heterocycles. The van der Waals surface area contributed by atoms with Crippen molar-refractivity contribution in [2.75, 3.05) is 55.8 Å². The van der Waals surface area contributed by atoms with Crippen LogP contribution in [0.15, 0.2) is 42.5 Å². The lowest BCUT2D eigenvalue weighted by Crippen LogP contribution is -2.99. The van der Waals surface area contributed by atoms with E-state index in [2.05, 4.69) is 15.3 Å². The number of anilines is 3. The molecule has 0 aliphatic carbocycles. The molecule has 0 saturated carbocycles. The van der Waals surface area contributed by atoms with Gasteiger partial charge < -0.3 is 25.9 Å². The molecule has 1 aromatic carbocycles. The highest BCUT2D eigenvalue weighted by Crippen LogP contribution is 2.37. The molecule has 0 bridgehead atoms. The van der Waals surface area contributed by atoms with Crippen molar-refractivity contribution in [2.45, 2.75) is 0 Å². The first kappa shape index (κ1) is 25.9. The summed E-state index contributed by atoms with van der Waals surface area (Å²) < 4.78 is 5.82. The number of hydrogen-bond acceptors (Lipinski definition) is 9. The molecule has 190 valence electrons. The monoisotopic (exact) mass is 533 g/mol. The van der Waals surface area contributed by atoms with Gasteiger partial charge in [0.15, 0.2) is 5.82 Å². The number of rotatable bonds is 8. The summed E-state index contributed by atoms with van der Waals surface area (Å²) in [5.41, 5.74) is 7.40. The summed E-state index contributed by atoms with van der Waals surface area (Å²) >= 11 is 12.6. The number of carbonyl (C=O) groups excluding carboxylic acids is 1. The van der Waals surface area contributed by atoms with Gasteiger partial charge in [0, 0.05) is 35.8 Å². The van der Waals surface area contributed by atoms with Crippen molar-refractivity contribution in [3.05, 3.63) is 57.7 Å². The van der Waals surface area contributed by atoms with Crippen LogP contribution in [0.2, 0.25) is 10.0 Å². The number of hydrogen-bond donors (Lipinski definition) is 4. The largest absolute Gasteiger partial charge is 0.595 e. The zero-order valence-electron chi connectivity index (χ0n) is 19.4. The number of quaternary nitrogens is 1. The van der Waals surface area contributed by atoms with Crippen molar-refractivity contribution in [1.29, 1.82) is 0 Å². The van der Waals surface area contributed by atoms with Crippen molar-refractivity contribution < 1.29 is 20.0 Å². The van der Waals surface area contributed by atoms with E-state index in [1.165, 1.54) is 12.1 Å². The number of halogens is 2. The van der Waals surface area contributed by atoms with E-state index in [9.17, 15) is 10.0 Å². The van der Waals surface area contributed by atoms with E-state index in [1.807, 2.05) is 11.9 Å². The van der Waals surface area contributed by atoms with Crippen LogP contribution in [-0.4, -0.2) is 65.8 Å². The fourth-order valence-electron chi connectivity index (χ4n) is 3.75. The molecule has 1 fully saturated rings. The Bertz CT molecular complexity index is 1260. The maximum Gasteiger partial charge on any atom is 0.241 e. The van der Waals surface area contributed by atoms with Gasteiger partial charge in [0.25, 0.3) is 0 Å². The molecule has 2 aromatic heterocycles. The fraction of sp³-hybridized carbons (Fsp3) is 0.261. The van der Waals surface area contributed by atoms with Crippen LogP contribution in [0, 0.1) is 5.21 Å². The van der Waals surface area contributed by atoms with Gasteiger partial charge in [-0.15, -0.1) is 0 Å². The topological polar surface area (TPSA) is 144 Å². The second kappa shape index (κ2) is 11.2. The lowest BCUT2D eigenvalue weighted by Gasteiger charge is -2.33. The third kappa shape index (κ3) is 5.95. The summed E-state index contributed by atoms with van der Waals surface area (Å²) in [5, 5.41) is 22.9.